The van der Waals surface area contributed by atoms with E-state index in [4.69, 9.17) is 5.11 Å². The Kier molecular flexibility index (Phi) is 4.71. The number of aromatic nitrogens is 1. The molecule has 1 rings (SSSR count). The molecular formula is C9H13N3O3S. The van der Waals surface area contributed by atoms with Gasteiger partial charge < -0.3 is 15.7 Å². The van der Waals surface area contributed by atoms with Gasteiger partial charge in [0.2, 0.25) is 0 Å². The first-order valence-corrected chi connectivity index (χ1v) is 5.59. The molecule has 3 N–H and O–H groups in total. The lowest BCUT2D eigenvalue weighted by Crippen LogP contribution is -2.38. The van der Waals surface area contributed by atoms with E-state index >= 15 is 0 Å². The first-order valence-electron chi connectivity index (χ1n) is 4.71. The average molecular weight is 243 g/mol. The lowest BCUT2D eigenvalue weighted by atomic mass is 10.2. The molecule has 0 aromatic carbocycles. The number of nitrogens with one attached hydrogen (secondary N) is 2. The van der Waals surface area contributed by atoms with Crippen LogP contribution in [-0.4, -0.2) is 28.6 Å². The number of carboxylic acid groups (broad SMARTS) is 1. The maximum Gasteiger partial charge on any atom is 0.315 e. The molecule has 0 saturated carbocycles. The Labute approximate surface area is 96.7 Å². The molecule has 7 heteroatoms. The molecule has 1 aromatic heterocycles. The summed E-state index contributed by atoms with van der Waals surface area (Å²) >= 11 is 1.45. The molecule has 0 saturated heterocycles. The molecule has 1 heterocycles. The highest BCUT2D eigenvalue weighted by atomic mass is 32.1. The summed E-state index contributed by atoms with van der Waals surface area (Å²) in [6.45, 7) is 2.05. The van der Waals surface area contributed by atoms with Gasteiger partial charge in [-0.1, -0.05) is 6.92 Å². The van der Waals surface area contributed by atoms with Crippen LogP contribution in [0.2, 0.25) is 0 Å². The van der Waals surface area contributed by atoms with Gasteiger partial charge in [-0.05, 0) is 0 Å². The van der Waals surface area contributed by atoms with Crippen molar-refractivity contribution >= 4 is 23.3 Å². The molecule has 88 valence electrons. The monoisotopic (exact) mass is 243 g/mol. The molecule has 2 amide bonds. The fourth-order valence-electron chi connectivity index (χ4n) is 0.892. The number of aliphatic carboxylic acids is 1. The van der Waals surface area contributed by atoms with Gasteiger partial charge in [-0.25, -0.2) is 4.79 Å². The predicted octanol–water partition coefficient (Wildman–Crippen LogP) is 0.663. The standard InChI is InChI=1S/C9H13N3O3S/c1-6(8(13)14)2-11-9(15)12-4-7-3-10-5-16-7/h3,5-6H,2,4H2,1H3,(H,13,14)(H2,11,12,15). The Bertz CT molecular complexity index is 353. The van der Waals surface area contributed by atoms with Crippen molar-refractivity contribution in [1.82, 2.24) is 15.6 Å². The van der Waals surface area contributed by atoms with E-state index in [9.17, 15) is 9.59 Å². The van der Waals surface area contributed by atoms with Crippen molar-refractivity contribution in [2.24, 2.45) is 5.92 Å². The summed E-state index contributed by atoms with van der Waals surface area (Å²) in [5.41, 5.74) is 1.68. The number of hydrogen-bond donors (Lipinski definition) is 3. The first-order chi connectivity index (χ1) is 7.59. The number of thiazole rings is 1. The van der Waals surface area contributed by atoms with Crippen LogP contribution in [0.15, 0.2) is 11.7 Å². The minimum Gasteiger partial charge on any atom is -0.481 e. The number of rotatable bonds is 5. The Balaban J connectivity index is 2.19. The van der Waals surface area contributed by atoms with Crippen LogP contribution in [0.25, 0.3) is 0 Å². The molecule has 0 fully saturated rings. The minimum absolute atomic E-state index is 0.115. The van der Waals surface area contributed by atoms with Crippen molar-refractivity contribution in [1.29, 1.82) is 0 Å². The van der Waals surface area contributed by atoms with Crippen molar-refractivity contribution in [2.45, 2.75) is 13.5 Å². The van der Waals surface area contributed by atoms with Crippen molar-refractivity contribution in [3.8, 4) is 0 Å². The summed E-state index contributed by atoms with van der Waals surface area (Å²) < 4.78 is 0. The molecule has 16 heavy (non-hydrogen) atoms. The second kappa shape index (κ2) is 6.06. The fourth-order valence-corrected chi connectivity index (χ4v) is 1.43. The number of urea groups is 1. The number of carbonyl (C=O) groups excluding carboxylic acids is 1. The molecule has 6 nitrogen and oxygen atoms in total. The number of hydrogen-bond acceptors (Lipinski definition) is 4. The quantitative estimate of drug-likeness (QED) is 0.708. The maximum absolute atomic E-state index is 11.2. The van der Waals surface area contributed by atoms with E-state index in [1.165, 1.54) is 18.3 Å². The van der Waals surface area contributed by atoms with Crippen LogP contribution in [0, 0.1) is 5.92 Å². The third kappa shape index (κ3) is 4.26. The van der Waals surface area contributed by atoms with Crippen molar-refractivity contribution in [2.75, 3.05) is 6.54 Å². The zero-order valence-electron chi connectivity index (χ0n) is 8.77. The van der Waals surface area contributed by atoms with E-state index in [0.717, 1.165) is 4.88 Å². The SMILES string of the molecule is CC(CNC(=O)NCc1cncs1)C(=O)O. The summed E-state index contributed by atoms with van der Waals surface area (Å²) in [6.07, 6.45) is 1.67. The fraction of sp³-hybridized carbons (Fsp3) is 0.444. The molecular weight excluding hydrogens is 230 g/mol. The van der Waals surface area contributed by atoms with E-state index in [-0.39, 0.29) is 12.6 Å². The topological polar surface area (TPSA) is 91.3 Å². The van der Waals surface area contributed by atoms with Crippen LogP contribution < -0.4 is 10.6 Å². The van der Waals surface area contributed by atoms with Crippen LogP contribution in [0.5, 0.6) is 0 Å². The summed E-state index contributed by atoms with van der Waals surface area (Å²) in [4.78, 5) is 26.5. The normalized spacial score (nSPS) is 11.8. The first kappa shape index (κ1) is 12.4. The third-order valence-corrected chi connectivity index (χ3v) is 2.68. The summed E-state index contributed by atoms with van der Waals surface area (Å²) in [5.74, 6) is -1.52. The largest absolute Gasteiger partial charge is 0.481 e. The van der Waals surface area contributed by atoms with E-state index < -0.39 is 11.9 Å². The van der Waals surface area contributed by atoms with Gasteiger partial charge >= 0.3 is 12.0 Å². The summed E-state index contributed by atoms with van der Waals surface area (Å²) in [6, 6.07) is -0.374. The Hall–Kier alpha value is -1.63. The Morgan fingerprint density at radius 2 is 2.31 bits per heavy atom. The molecule has 1 unspecified atom stereocenters. The van der Waals surface area contributed by atoms with Crippen molar-refractivity contribution in [3.63, 3.8) is 0 Å². The molecule has 0 aliphatic heterocycles. The highest BCUT2D eigenvalue weighted by Crippen LogP contribution is 2.03. The van der Waals surface area contributed by atoms with Gasteiger partial charge in [-0.2, -0.15) is 0 Å². The number of nitrogens with zero attached hydrogens (tertiary/aromatic N) is 1. The van der Waals surface area contributed by atoms with Gasteiger partial charge in [0.1, 0.15) is 0 Å². The molecule has 0 bridgehead atoms. The lowest BCUT2D eigenvalue weighted by molar-refractivity contribution is -0.140. The van der Waals surface area contributed by atoms with Crippen LogP contribution >= 0.6 is 11.3 Å². The van der Waals surface area contributed by atoms with Gasteiger partial charge in [0.15, 0.2) is 0 Å². The van der Waals surface area contributed by atoms with Crippen LogP contribution in [0.3, 0.4) is 0 Å². The van der Waals surface area contributed by atoms with Crippen molar-refractivity contribution in [3.05, 3.63) is 16.6 Å². The van der Waals surface area contributed by atoms with Crippen LogP contribution in [0.4, 0.5) is 4.79 Å². The number of carbonyl (C=O) groups is 2. The minimum atomic E-state index is -0.928. The highest BCUT2D eigenvalue weighted by molar-refractivity contribution is 7.09. The molecule has 0 aliphatic rings. The van der Waals surface area contributed by atoms with E-state index in [0.29, 0.717) is 6.54 Å². The van der Waals surface area contributed by atoms with E-state index in [1.54, 1.807) is 11.7 Å². The zero-order valence-corrected chi connectivity index (χ0v) is 9.58. The second-order valence-electron chi connectivity index (χ2n) is 3.27. The van der Waals surface area contributed by atoms with Gasteiger partial charge in [0.25, 0.3) is 0 Å². The Morgan fingerprint density at radius 1 is 1.56 bits per heavy atom. The summed E-state index contributed by atoms with van der Waals surface area (Å²) in [5, 5.41) is 13.7. The third-order valence-electron chi connectivity index (χ3n) is 1.90. The summed E-state index contributed by atoms with van der Waals surface area (Å²) in [7, 11) is 0. The van der Waals surface area contributed by atoms with Gasteiger partial charge in [0, 0.05) is 17.6 Å². The highest BCUT2D eigenvalue weighted by Gasteiger charge is 2.11. The van der Waals surface area contributed by atoms with E-state index in [2.05, 4.69) is 15.6 Å². The molecule has 1 aromatic rings. The van der Waals surface area contributed by atoms with Gasteiger partial charge in [-0.15, -0.1) is 11.3 Å². The van der Waals surface area contributed by atoms with Crippen molar-refractivity contribution < 1.29 is 14.7 Å². The number of carboxylic acids is 1. The molecule has 0 radical (unpaired) electrons. The maximum atomic E-state index is 11.2. The molecule has 0 aliphatic carbocycles. The molecule has 1 atom stereocenters. The van der Waals surface area contributed by atoms with Gasteiger partial charge in [-0.3, -0.25) is 9.78 Å². The predicted molar refractivity (Wildman–Crippen MR) is 59.2 cm³/mol. The second-order valence-corrected chi connectivity index (χ2v) is 4.24. The Morgan fingerprint density at radius 3 is 2.88 bits per heavy atom. The molecule has 0 spiro atoms. The average Bonchev–Trinajstić information content (AvgIpc) is 2.75. The number of amides is 2. The lowest BCUT2D eigenvalue weighted by Gasteiger charge is -2.08. The van der Waals surface area contributed by atoms with Gasteiger partial charge in [0.05, 0.1) is 18.0 Å². The van der Waals surface area contributed by atoms with E-state index in [1.807, 2.05) is 0 Å². The van der Waals surface area contributed by atoms with Crippen LogP contribution in [-0.2, 0) is 11.3 Å². The van der Waals surface area contributed by atoms with Crippen LogP contribution in [0.1, 0.15) is 11.8 Å². The smallest absolute Gasteiger partial charge is 0.315 e. The zero-order chi connectivity index (χ0) is 12.0.